The first-order chi connectivity index (χ1) is 22.0. The number of pyridine rings is 1. The maximum Gasteiger partial charge on any atom is 0.335 e. The summed E-state index contributed by atoms with van der Waals surface area (Å²) in [7, 11) is 0. The normalized spacial score (nSPS) is 12.0. The predicted molar refractivity (Wildman–Crippen MR) is 164 cm³/mol. The zero-order chi connectivity index (χ0) is 33.1. The van der Waals surface area contributed by atoms with Crippen molar-refractivity contribution in [3.63, 3.8) is 0 Å². The molecule has 0 fully saturated rings. The smallest absolute Gasteiger partial charge is 0.335 e. The lowest BCUT2D eigenvalue weighted by Gasteiger charge is -2.16. The number of benzene rings is 2. The molecule has 0 radical (unpaired) electrons. The first kappa shape index (κ1) is 32.0. The molecule has 0 saturated carbocycles. The Labute approximate surface area is 259 Å². The van der Waals surface area contributed by atoms with Crippen LogP contribution >= 0.6 is 0 Å². The highest BCUT2D eigenvalue weighted by Crippen LogP contribution is 2.34. The Morgan fingerprint density at radius 2 is 1.78 bits per heavy atom. The Bertz CT molecular complexity index is 2040. The third-order valence-corrected chi connectivity index (χ3v) is 6.86. The standard InChI is InChI=1S/C31H30F3N7O5/c1-5-45-15-17(4)36-28-26-25(10-11-35-27(26)38-39-28)46-24-9-6-18(12-23(24)34)37-29(42)20-14-40(16(2)3)31(44)41(30(20)43)19-7-8-21(32)22(33)13-19/h6-14,16-17H,5,15H2,1-4H3,(H,37,42)(H2,35,36,38,39). The highest BCUT2D eigenvalue weighted by Gasteiger charge is 2.22. The maximum absolute atomic E-state index is 15.3. The number of rotatable bonds is 11. The Balaban J connectivity index is 1.42. The fraction of sp³-hybridized carbons (Fsp3) is 0.258. The number of nitrogens with one attached hydrogen (secondary N) is 3. The highest BCUT2D eigenvalue weighted by molar-refractivity contribution is 6.04. The molecule has 0 saturated heterocycles. The molecule has 1 atom stereocenters. The van der Waals surface area contributed by atoms with E-state index in [4.69, 9.17) is 9.47 Å². The number of carbonyl (C=O) groups excluding carboxylic acids is 1. The molecule has 240 valence electrons. The Hall–Kier alpha value is -5.44. The molecule has 3 heterocycles. The number of fused-ring (bicyclic) bond motifs is 1. The minimum absolute atomic E-state index is 0.0220. The number of hydrogen-bond donors (Lipinski definition) is 3. The van der Waals surface area contributed by atoms with Crippen LogP contribution in [0.2, 0.25) is 0 Å². The van der Waals surface area contributed by atoms with Crippen LogP contribution in [0.15, 0.2) is 64.4 Å². The molecule has 3 N–H and O–H groups in total. The van der Waals surface area contributed by atoms with E-state index in [-0.39, 0.29) is 28.9 Å². The quantitative estimate of drug-likeness (QED) is 0.180. The summed E-state index contributed by atoms with van der Waals surface area (Å²) in [5.74, 6) is -3.73. The molecular weight excluding hydrogens is 607 g/mol. The number of ether oxygens (including phenoxy) is 2. The molecule has 0 bridgehead atoms. The first-order valence-corrected chi connectivity index (χ1v) is 14.3. The third kappa shape index (κ3) is 6.49. The third-order valence-electron chi connectivity index (χ3n) is 6.86. The molecule has 1 amide bonds. The van der Waals surface area contributed by atoms with Crippen molar-refractivity contribution in [2.24, 2.45) is 0 Å². The van der Waals surface area contributed by atoms with E-state index in [0.717, 1.165) is 29.0 Å². The van der Waals surface area contributed by atoms with Gasteiger partial charge in [0.05, 0.1) is 12.3 Å². The molecule has 0 aliphatic carbocycles. The summed E-state index contributed by atoms with van der Waals surface area (Å²) in [5.41, 5.74) is -2.31. The first-order valence-electron chi connectivity index (χ1n) is 14.3. The Kier molecular flexibility index (Phi) is 9.23. The van der Waals surface area contributed by atoms with Crippen LogP contribution in [0.5, 0.6) is 11.5 Å². The molecule has 12 nitrogen and oxygen atoms in total. The van der Waals surface area contributed by atoms with Crippen LogP contribution < -0.4 is 26.6 Å². The van der Waals surface area contributed by atoms with Gasteiger partial charge in [-0.2, -0.15) is 5.10 Å². The van der Waals surface area contributed by atoms with Crippen molar-refractivity contribution in [3.05, 3.63) is 98.7 Å². The lowest BCUT2D eigenvalue weighted by atomic mass is 10.2. The summed E-state index contributed by atoms with van der Waals surface area (Å²) in [6.45, 7) is 8.06. The lowest BCUT2D eigenvalue weighted by Crippen LogP contribution is -2.42. The Morgan fingerprint density at radius 3 is 2.48 bits per heavy atom. The summed E-state index contributed by atoms with van der Waals surface area (Å²) in [6.07, 6.45) is 2.54. The van der Waals surface area contributed by atoms with Crippen molar-refractivity contribution in [2.75, 3.05) is 23.8 Å². The zero-order valence-electron chi connectivity index (χ0n) is 25.2. The number of aromatic amines is 1. The average Bonchev–Trinajstić information content (AvgIpc) is 3.42. The van der Waals surface area contributed by atoms with E-state index in [0.29, 0.717) is 40.7 Å². The van der Waals surface area contributed by atoms with E-state index in [9.17, 15) is 23.2 Å². The number of hydrogen-bond acceptors (Lipinski definition) is 8. The van der Waals surface area contributed by atoms with Gasteiger partial charge in [-0.3, -0.25) is 19.3 Å². The van der Waals surface area contributed by atoms with Gasteiger partial charge in [0.2, 0.25) is 0 Å². The van der Waals surface area contributed by atoms with Gasteiger partial charge in [0.1, 0.15) is 16.7 Å². The van der Waals surface area contributed by atoms with Crippen LogP contribution in [0.1, 0.15) is 44.1 Å². The van der Waals surface area contributed by atoms with E-state index in [1.54, 1.807) is 19.9 Å². The number of aromatic nitrogens is 5. The van der Waals surface area contributed by atoms with Crippen LogP contribution in [0.25, 0.3) is 16.7 Å². The second kappa shape index (κ2) is 13.3. The van der Waals surface area contributed by atoms with Crippen LogP contribution in [-0.4, -0.2) is 49.5 Å². The van der Waals surface area contributed by atoms with Gasteiger partial charge in [-0.15, -0.1) is 0 Å². The van der Waals surface area contributed by atoms with Crippen molar-refractivity contribution < 1.29 is 27.4 Å². The number of amides is 1. The lowest BCUT2D eigenvalue weighted by molar-refractivity contribution is 0.102. The van der Waals surface area contributed by atoms with Crippen LogP contribution in [-0.2, 0) is 4.74 Å². The van der Waals surface area contributed by atoms with E-state index < -0.39 is 46.2 Å². The summed E-state index contributed by atoms with van der Waals surface area (Å²) in [6, 6.07) is 7.07. The SMILES string of the molecule is CCOCC(C)Nc1n[nH]c2nccc(Oc3ccc(NC(=O)c4cn(C(C)C)c(=O)n(-c5ccc(F)c(F)c5)c4=O)cc3F)c12. The zero-order valence-corrected chi connectivity index (χ0v) is 25.2. The van der Waals surface area contributed by atoms with Gasteiger partial charge < -0.3 is 20.1 Å². The van der Waals surface area contributed by atoms with E-state index in [2.05, 4.69) is 25.8 Å². The fourth-order valence-electron chi connectivity index (χ4n) is 4.61. The van der Waals surface area contributed by atoms with Crippen molar-refractivity contribution in [2.45, 2.75) is 39.8 Å². The van der Waals surface area contributed by atoms with Gasteiger partial charge in [0, 0.05) is 55.0 Å². The van der Waals surface area contributed by atoms with Crippen molar-refractivity contribution in [1.29, 1.82) is 0 Å². The maximum atomic E-state index is 15.3. The van der Waals surface area contributed by atoms with Gasteiger partial charge in [-0.25, -0.2) is 27.5 Å². The second-order valence-corrected chi connectivity index (χ2v) is 10.6. The largest absolute Gasteiger partial charge is 0.453 e. The van der Waals surface area contributed by atoms with Gasteiger partial charge >= 0.3 is 5.69 Å². The molecule has 2 aromatic carbocycles. The number of carbonyl (C=O) groups is 1. The van der Waals surface area contributed by atoms with E-state index >= 15 is 4.39 Å². The van der Waals surface area contributed by atoms with E-state index in [1.807, 2.05) is 13.8 Å². The topological polar surface area (TPSA) is 145 Å². The molecule has 15 heteroatoms. The monoisotopic (exact) mass is 637 g/mol. The summed E-state index contributed by atoms with van der Waals surface area (Å²) < 4.78 is 55.8. The minimum atomic E-state index is -1.28. The second-order valence-electron chi connectivity index (χ2n) is 10.6. The predicted octanol–water partition coefficient (Wildman–Crippen LogP) is 5.15. The molecule has 0 aliphatic rings. The highest BCUT2D eigenvalue weighted by atomic mass is 19.2. The summed E-state index contributed by atoms with van der Waals surface area (Å²) >= 11 is 0. The molecule has 3 aromatic heterocycles. The van der Waals surface area contributed by atoms with Gasteiger partial charge in [-0.1, -0.05) is 0 Å². The van der Waals surface area contributed by atoms with Crippen LogP contribution in [0.4, 0.5) is 24.7 Å². The van der Waals surface area contributed by atoms with Gasteiger partial charge in [0.15, 0.2) is 34.7 Å². The van der Waals surface area contributed by atoms with Crippen molar-refractivity contribution in [3.8, 4) is 17.2 Å². The van der Waals surface area contributed by atoms with Gasteiger partial charge in [0.25, 0.3) is 11.5 Å². The van der Waals surface area contributed by atoms with Gasteiger partial charge in [-0.05, 0) is 52.0 Å². The van der Waals surface area contributed by atoms with Crippen LogP contribution in [0, 0.1) is 17.5 Å². The summed E-state index contributed by atoms with van der Waals surface area (Å²) in [5, 5.41) is 13.2. The number of nitrogens with zero attached hydrogens (tertiary/aromatic N) is 4. The van der Waals surface area contributed by atoms with Crippen molar-refractivity contribution in [1.82, 2.24) is 24.3 Å². The molecule has 1 unspecified atom stereocenters. The molecule has 5 rings (SSSR count). The minimum Gasteiger partial charge on any atom is -0.453 e. The number of halogens is 3. The average molecular weight is 638 g/mol. The molecule has 0 aliphatic heterocycles. The Morgan fingerprint density at radius 1 is 1.00 bits per heavy atom. The summed E-state index contributed by atoms with van der Waals surface area (Å²) in [4.78, 5) is 43.9. The van der Waals surface area contributed by atoms with Crippen molar-refractivity contribution >= 4 is 28.4 Å². The fourth-order valence-corrected chi connectivity index (χ4v) is 4.61. The molecule has 46 heavy (non-hydrogen) atoms. The molecular formula is C31H30F3N7O5. The molecule has 5 aromatic rings. The number of anilines is 2. The van der Waals surface area contributed by atoms with E-state index in [1.165, 1.54) is 18.3 Å². The number of H-pyrrole nitrogens is 1. The van der Waals surface area contributed by atoms with Crippen LogP contribution in [0.3, 0.4) is 0 Å². The molecule has 0 spiro atoms.